The topological polar surface area (TPSA) is 74.8 Å². The van der Waals surface area contributed by atoms with Crippen molar-refractivity contribution in [1.82, 2.24) is 10.6 Å². The van der Waals surface area contributed by atoms with Gasteiger partial charge in [-0.3, -0.25) is 9.79 Å². The highest BCUT2D eigenvalue weighted by Gasteiger charge is 2.19. The molecule has 2 rings (SSSR count). The summed E-state index contributed by atoms with van der Waals surface area (Å²) < 4.78 is 5.30. The Hall–Kier alpha value is -2.73. The van der Waals surface area contributed by atoms with E-state index in [0.717, 1.165) is 23.6 Å². The third kappa shape index (κ3) is 7.59. The van der Waals surface area contributed by atoms with Gasteiger partial charge < -0.3 is 20.7 Å². The maximum atomic E-state index is 11.4. The standard InChI is InChI=1S/C23H31ClN4O2/c1-16(29)28-20-12-18(9-10-21(20)30-5)14-26-22(25-4)27-15-23(2,3)13-17-7-6-8-19(24)11-17/h6-12H,13-15H2,1-5H3,(H,28,29)(H2,25,26,27). The van der Waals surface area contributed by atoms with Crippen molar-refractivity contribution >= 4 is 29.2 Å². The molecule has 6 nitrogen and oxygen atoms in total. The van der Waals surface area contributed by atoms with Gasteiger partial charge in [0, 0.05) is 32.1 Å². The van der Waals surface area contributed by atoms with Gasteiger partial charge in [-0.05, 0) is 47.2 Å². The van der Waals surface area contributed by atoms with Gasteiger partial charge in [0.15, 0.2) is 5.96 Å². The predicted octanol–water partition coefficient (Wildman–Crippen LogP) is 4.24. The van der Waals surface area contributed by atoms with Gasteiger partial charge in [0.25, 0.3) is 0 Å². The summed E-state index contributed by atoms with van der Waals surface area (Å²) >= 11 is 6.11. The lowest BCUT2D eigenvalue weighted by atomic mass is 9.86. The van der Waals surface area contributed by atoms with Crippen LogP contribution in [0.4, 0.5) is 5.69 Å². The highest BCUT2D eigenvalue weighted by molar-refractivity contribution is 6.30. The van der Waals surface area contributed by atoms with Gasteiger partial charge in [-0.1, -0.05) is 43.6 Å². The molecule has 0 saturated heterocycles. The number of benzene rings is 2. The van der Waals surface area contributed by atoms with Crippen LogP contribution in [0, 0.1) is 5.41 Å². The molecular formula is C23H31ClN4O2. The van der Waals surface area contributed by atoms with E-state index < -0.39 is 0 Å². The molecule has 0 spiro atoms. The molecule has 30 heavy (non-hydrogen) atoms. The van der Waals surface area contributed by atoms with Gasteiger partial charge in [0.1, 0.15) is 5.75 Å². The molecule has 0 unspecified atom stereocenters. The summed E-state index contributed by atoms with van der Waals surface area (Å²) in [5.41, 5.74) is 2.87. The molecule has 2 aromatic carbocycles. The first-order valence-electron chi connectivity index (χ1n) is 9.86. The van der Waals surface area contributed by atoms with Gasteiger partial charge in [-0.15, -0.1) is 0 Å². The number of anilines is 1. The molecule has 0 heterocycles. The molecule has 1 amide bonds. The molecule has 0 aliphatic rings. The van der Waals surface area contributed by atoms with Gasteiger partial charge in [-0.25, -0.2) is 0 Å². The number of aliphatic imine (C=N–C) groups is 1. The zero-order valence-electron chi connectivity index (χ0n) is 18.3. The first-order valence-corrected chi connectivity index (χ1v) is 10.2. The summed E-state index contributed by atoms with van der Waals surface area (Å²) in [6.45, 7) is 7.19. The molecule has 0 aliphatic carbocycles. The van der Waals surface area contributed by atoms with Crippen molar-refractivity contribution in [1.29, 1.82) is 0 Å². The first-order chi connectivity index (χ1) is 14.2. The lowest BCUT2D eigenvalue weighted by Crippen LogP contribution is -2.42. The highest BCUT2D eigenvalue weighted by Crippen LogP contribution is 2.25. The lowest BCUT2D eigenvalue weighted by molar-refractivity contribution is -0.114. The number of carbonyl (C=O) groups excluding carboxylic acids is 1. The van der Waals surface area contributed by atoms with E-state index in [-0.39, 0.29) is 11.3 Å². The maximum absolute atomic E-state index is 11.4. The van der Waals surface area contributed by atoms with E-state index in [4.69, 9.17) is 16.3 Å². The third-order valence-electron chi connectivity index (χ3n) is 4.56. The first kappa shape index (κ1) is 23.5. The Morgan fingerprint density at radius 2 is 1.90 bits per heavy atom. The number of carbonyl (C=O) groups is 1. The van der Waals surface area contributed by atoms with E-state index in [0.29, 0.717) is 23.9 Å². The minimum absolute atomic E-state index is 0.0149. The number of nitrogens with zero attached hydrogens (tertiary/aromatic N) is 1. The van der Waals surface area contributed by atoms with Crippen molar-refractivity contribution in [2.45, 2.75) is 33.7 Å². The molecule has 0 aliphatic heterocycles. The molecular weight excluding hydrogens is 400 g/mol. The summed E-state index contributed by atoms with van der Waals surface area (Å²) in [5, 5.41) is 10.3. The van der Waals surface area contributed by atoms with Crippen LogP contribution in [0.15, 0.2) is 47.5 Å². The molecule has 0 saturated carbocycles. The Bertz CT molecular complexity index is 897. The number of nitrogens with one attached hydrogen (secondary N) is 3. The van der Waals surface area contributed by atoms with Gasteiger partial charge in [-0.2, -0.15) is 0 Å². The van der Waals surface area contributed by atoms with E-state index in [1.807, 2.05) is 36.4 Å². The molecule has 7 heteroatoms. The largest absolute Gasteiger partial charge is 0.495 e. The minimum atomic E-state index is -0.141. The summed E-state index contributed by atoms with van der Waals surface area (Å²) in [7, 11) is 3.32. The van der Waals surface area contributed by atoms with Crippen LogP contribution in [0.2, 0.25) is 5.02 Å². The zero-order valence-corrected chi connectivity index (χ0v) is 19.1. The van der Waals surface area contributed by atoms with Crippen LogP contribution in [0.5, 0.6) is 5.75 Å². The van der Waals surface area contributed by atoms with Crippen LogP contribution in [0.25, 0.3) is 0 Å². The van der Waals surface area contributed by atoms with E-state index in [2.05, 4.69) is 40.9 Å². The van der Waals surface area contributed by atoms with Crippen LogP contribution in [-0.4, -0.2) is 32.6 Å². The average molecular weight is 431 g/mol. The molecule has 3 N–H and O–H groups in total. The van der Waals surface area contributed by atoms with E-state index >= 15 is 0 Å². The van der Waals surface area contributed by atoms with Gasteiger partial charge in [0.2, 0.25) is 5.91 Å². The molecule has 0 aromatic heterocycles. The smallest absolute Gasteiger partial charge is 0.221 e. The number of methoxy groups -OCH3 is 1. The molecule has 0 bridgehead atoms. The molecule has 162 valence electrons. The second kappa shape index (κ2) is 10.9. The summed E-state index contributed by atoms with van der Waals surface area (Å²) in [5.74, 6) is 1.20. The fraction of sp³-hybridized carbons (Fsp3) is 0.391. The Kier molecular flexibility index (Phi) is 8.54. The second-order valence-electron chi connectivity index (χ2n) is 7.97. The van der Waals surface area contributed by atoms with Crippen molar-refractivity contribution < 1.29 is 9.53 Å². The fourth-order valence-electron chi connectivity index (χ4n) is 3.14. The monoisotopic (exact) mass is 430 g/mol. The Morgan fingerprint density at radius 3 is 2.53 bits per heavy atom. The number of amides is 1. The number of hydrogen-bond donors (Lipinski definition) is 3. The van der Waals surface area contributed by atoms with Gasteiger partial charge in [0.05, 0.1) is 12.8 Å². The van der Waals surface area contributed by atoms with Crippen molar-refractivity contribution in [3.63, 3.8) is 0 Å². The fourth-order valence-corrected chi connectivity index (χ4v) is 3.36. The highest BCUT2D eigenvalue weighted by atomic mass is 35.5. The van der Waals surface area contributed by atoms with Crippen molar-refractivity contribution in [3.8, 4) is 5.75 Å². The summed E-state index contributed by atoms with van der Waals surface area (Å²) in [4.78, 5) is 15.7. The lowest BCUT2D eigenvalue weighted by Gasteiger charge is -2.26. The Morgan fingerprint density at radius 1 is 1.13 bits per heavy atom. The molecule has 0 fully saturated rings. The average Bonchev–Trinajstić information content (AvgIpc) is 2.67. The quantitative estimate of drug-likeness (QED) is 0.432. The van der Waals surface area contributed by atoms with Crippen LogP contribution < -0.4 is 20.7 Å². The minimum Gasteiger partial charge on any atom is -0.495 e. The number of ether oxygens (including phenoxy) is 1. The number of rotatable bonds is 8. The van der Waals surface area contributed by atoms with Crippen LogP contribution in [0.3, 0.4) is 0 Å². The second-order valence-corrected chi connectivity index (χ2v) is 8.40. The molecule has 0 atom stereocenters. The number of halogens is 1. The van der Waals surface area contributed by atoms with E-state index in [9.17, 15) is 4.79 Å². The Balaban J connectivity index is 1.93. The SMILES string of the molecule is CN=C(NCc1ccc(OC)c(NC(C)=O)c1)NCC(C)(C)Cc1cccc(Cl)c1. The van der Waals surface area contributed by atoms with Gasteiger partial charge >= 0.3 is 0 Å². The van der Waals surface area contributed by atoms with Crippen LogP contribution in [-0.2, 0) is 17.8 Å². The summed E-state index contributed by atoms with van der Waals surface area (Å²) in [6.07, 6.45) is 0.899. The van der Waals surface area contributed by atoms with Crippen molar-refractivity contribution in [2.75, 3.05) is 26.0 Å². The maximum Gasteiger partial charge on any atom is 0.221 e. The number of guanidine groups is 1. The normalized spacial score (nSPS) is 11.7. The van der Waals surface area contributed by atoms with Crippen molar-refractivity contribution in [3.05, 3.63) is 58.6 Å². The molecule has 2 aromatic rings. The zero-order chi connectivity index (χ0) is 22.1. The van der Waals surface area contributed by atoms with E-state index in [1.54, 1.807) is 14.2 Å². The number of hydrogen-bond acceptors (Lipinski definition) is 3. The Labute approximate surface area is 184 Å². The van der Waals surface area contributed by atoms with Crippen LogP contribution >= 0.6 is 11.6 Å². The van der Waals surface area contributed by atoms with Crippen molar-refractivity contribution in [2.24, 2.45) is 10.4 Å². The van der Waals surface area contributed by atoms with Crippen LogP contribution in [0.1, 0.15) is 31.9 Å². The molecule has 0 radical (unpaired) electrons. The summed E-state index contributed by atoms with van der Waals surface area (Å²) in [6, 6.07) is 13.7. The third-order valence-corrected chi connectivity index (χ3v) is 4.80. The predicted molar refractivity (Wildman–Crippen MR) is 124 cm³/mol. The van der Waals surface area contributed by atoms with E-state index in [1.165, 1.54) is 12.5 Å².